The van der Waals surface area contributed by atoms with Crippen molar-refractivity contribution in [3.8, 4) is 0 Å². The predicted molar refractivity (Wildman–Crippen MR) is 39.0 cm³/mol. The maximum atomic E-state index is 10.4. The molecule has 3 atom stereocenters. The van der Waals surface area contributed by atoms with Gasteiger partial charge in [0, 0.05) is 5.92 Å². The molecule has 0 radical (unpaired) electrons. The molecule has 4 heteroatoms. The zero-order valence-corrected chi connectivity index (χ0v) is 6.23. The van der Waals surface area contributed by atoms with E-state index in [1.54, 1.807) is 0 Å². The van der Waals surface area contributed by atoms with Crippen LogP contribution in [-0.4, -0.2) is 28.3 Å². The minimum absolute atomic E-state index is 0.243. The summed E-state index contributed by atoms with van der Waals surface area (Å²) in [7, 11) is 0. The van der Waals surface area contributed by atoms with Gasteiger partial charge in [0.1, 0.15) is 6.04 Å². The molecule has 64 valence electrons. The molecular weight excluding hydrogens is 146 g/mol. The molecule has 11 heavy (non-hydrogen) atoms. The van der Waals surface area contributed by atoms with Crippen molar-refractivity contribution in [3.63, 3.8) is 0 Å². The maximum absolute atomic E-state index is 10.4. The van der Waals surface area contributed by atoms with Crippen LogP contribution in [0.15, 0.2) is 0 Å². The molecule has 0 amide bonds. The van der Waals surface area contributed by atoms with Crippen LogP contribution in [0.2, 0.25) is 0 Å². The standard InChI is InChI=1S/C7H13NO3/c8-6(7(10)11)4-2-1-3-5(4)9/h4-6,9H,1-3,8H2,(H,10,11)/t4?,5?,6-/m0/s1. The number of carboxylic acids is 1. The van der Waals surface area contributed by atoms with Crippen LogP contribution in [0.5, 0.6) is 0 Å². The lowest BCUT2D eigenvalue weighted by Crippen LogP contribution is -2.41. The molecule has 1 fully saturated rings. The molecule has 0 aliphatic heterocycles. The van der Waals surface area contributed by atoms with Gasteiger partial charge in [-0.2, -0.15) is 0 Å². The number of nitrogens with two attached hydrogens (primary N) is 1. The smallest absolute Gasteiger partial charge is 0.320 e. The second-order valence-electron chi connectivity index (χ2n) is 3.03. The van der Waals surface area contributed by atoms with Crippen LogP contribution in [0.4, 0.5) is 0 Å². The van der Waals surface area contributed by atoms with Crippen molar-refractivity contribution in [1.29, 1.82) is 0 Å². The molecule has 0 bridgehead atoms. The topological polar surface area (TPSA) is 83.6 Å². The monoisotopic (exact) mass is 159 g/mol. The summed E-state index contributed by atoms with van der Waals surface area (Å²) in [5.74, 6) is -1.26. The van der Waals surface area contributed by atoms with Crippen LogP contribution in [0.25, 0.3) is 0 Å². The number of aliphatic hydroxyl groups excluding tert-OH is 1. The van der Waals surface area contributed by atoms with Crippen LogP contribution >= 0.6 is 0 Å². The summed E-state index contributed by atoms with van der Waals surface area (Å²) in [6.45, 7) is 0. The molecule has 1 aliphatic rings. The zero-order chi connectivity index (χ0) is 8.43. The lowest BCUT2D eigenvalue weighted by atomic mass is 9.97. The summed E-state index contributed by atoms with van der Waals surface area (Å²) >= 11 is 0. The fraction of sp³-hybridized carbons (Fsp3) is 0.857. The molecule has 4 nitrogen and oxygen atoms in total. The van der Waals surface area contributed by atoms with Crippen LogP contribution < -0.4 is 5.73 Å². The third-order valence-electron chi connectivity index (χ3n) is 2.28. The van der Waals surface area contributed by atoms with E-state index in [1.807, 2.05) is 0 Å². The van der Waals surface area contributed by atoms with Crippen LogP contribution in [0, 0.1) is 5.92 Å². The van der Waals surface area contributed by atoms with Gasteiger partial charge >= 0.3 is 5.97 Å². The fourth-order valence-electron chi connectivity index (χ4n) is 1.57. The van der Waals surface area contributed by atoms with Gasteiger partial charge in [0.15, 0.2) is 0 Å². The van der Waals surface area contributed by atoms with Crippen molar-refractivity contribution in [2.45, 2.75) is 31.4 Å². The number of carbonyl (C=O) groups is 1. The van der Waals surface area contributed by atoms with E-state index in [0.29, 0.717) is 6.42 Å². The number of carboxylic acid groups (broad SMARTS) is 1. The highest BCUT2D eigenvalue weighted by molar-refractivity contribution is 5.73. The van der Waals surface area contributed by atoms with Crippen molar-refractivity contribution >= 4 is 5.97 Å². The van der Waals surface area contributed by atoms with Gasteiger partial charge in [0.2, 0.25) is 0 Å². The Morgan fingerprint density at radius 2 is 2.18 bits per heavy atom. The molecular formula is C7H13NO3. The first kappa shape index (κ1) is 8.49. The number of hydrogen-bond donors (Lipinski definition) is 3. The van der Waals surface area contributed by atoms with Gasteiger partial charge in [0.25, 0.3) is 0 Å². The number of aliphatic carboxylic acids is 1. The van der Waals surface area contributed by atoms with Gasteiger partial charge in [-0.15, -0.1) is 0 Å². The first-order valence-corrected chi connectivity index (χ1v) is 3.79. The second kappa shape index (κ2) is 3.19. The van der Waals surface area contributed by atoms with Crippen molar-refractivity contribution in [2.75, 3.05) is 0 Å². The Hall–Kier alpha value is -0.610. The largest absolute Gasteiger partial charge is 0.480 e. The van der Waals surface area contributed by atoms with Crippen molar-refractivity contribution in [2.24, 2.45) is 11.7 Å². The highest BCUT2D eigenvalue weighted by Crippen LogP contribution is 2.27. The summed E-state index contributed by atoms with van der Waals surface area (Å²) in [4.78, 5) is 10.4. The van der Waals surface area contributed by atoms with Crippen LogP contribution in [0.1, 0.15) is 19.3 Å². The zero-order valence-electron chi connectivity index (χ0n) is 6.23. The van der Waals surface area contributed by atoms with E-state index < -0.39 is 18.1 Å². The minimum Gasteiger partial charge on any atom is -0.480 e. The highest BCUT2D eigenvalue weighted by atomic mass is 16.4. The minimum atomic E-state index is -1.02. The number of rotatable bonds is 2. The van der Waals surface area contributed by atoms with E-state index >= 15 is 0 Å². The number of aliphatic hydroxyl groups is 1. The Bertz CT molecular complexity index is 160. The molecule has 0 spiro atoms. The molecule has 4 N–H and O–H groups in total. The van der Waals surface area contributed by atoms with E-state index in [4.69, 9.17) is 10.8 Å². The molecule has 2 unspecified atom stereocenters. The molecule has 1 saturated carbocycles. The normalized spacial score (nSPS) is 33.6. The fourth-order valence-corrected chi connectivity index (χ4v) is 1.57. The van der Waals surface area contributed by atoms with E-state index in [2.05, 4.69) is 0 Å². The lowest BCUT2D eigenvalue weighted by Gasteiger charge is -2.17. The van der Waals surface area contributed by atoms with E-state index in [1.165, 1.54) is 0 Å². The molecule has 0 aromatic carbocycles. The Labute approximate surface area is 65.0 Å². The summed E-state index contributed by atoms with van der Waals surface area (Å²) in [6, 6.07) is -0.896. The van der Waals surface area contributed by atoms with Gasteiger partial charge in [-0.25, -0.2) is 0 Å². The quantitative estimate of drug-likeness (QED) is 0.510. The Balaban J connectivity index is 2.52. The first-order valence-electron chi connectivity index (χ1n) is 3.79. The maximum Gasteiger partial charge on any atom is 0.320 e. The Kier molecular flexibility index (Phi) is 2.46. The van der Waals surface area contributed by atoms with Gasteiger partial charge in [-0.3, -0.25) is 4.79 Å². The van der Waals surface area contributed by atoms with Crippen LogP contribution in [0.3, 0.4) is 0 Å². The van der Waals surface area contributed by atoms with E-state index in [9.17, 15) is 9.90 Å². The average Bonchev–Trinajstić information content (AvgIpc) is 2.33. The average molecular weight is 159 g/mol. The Morgan fingerprint density at radius 3 is 2.55 bits per heavy atom. The molecule has 0 heterocycles. The SMILES string of the molecule is N[C@H](C(=O)O)C1CCCC1O. The number of hydrogen-bond acceptors (Lipinski definition) is 3. The molecule has 1 aliphatic carbocycles. The summed E-state index contributed by atoms with van der Waals surface area (Å²) in [6.07, 6.45) is 1.79. The van der Waals surface area contributed by atoms with Gasteiger partial charge in [-0.05, 0) is 12.8 Å². The van der Waals surface area contributed by atoms with Crippen molar-refractivity contribution in [3.05, 3.63) is 0 Å². The molecule has 0 saturated heterocycles. The summed E-state index contributed by atoms with van der Waals surface area (Å²) < 4.78 is 0. The van der Waals surface area contributed by atoms with E-state index in [-0.39, 0.29) is 5.92 Å². The van der Waals surface area contributed by atoms with E-state index in [0.717, 1.165) is 12.8 Å². The summed E-state index contributed by atoms with van der Waals surface area (Å²) in [5, 5.41) is 17.8. The van der Waals surface area contributed by atoms with Gasteiger partial charge in [0.05, 0.1) is 6.10 Å². The lowest BCUT2D eigenvalue weighted by molar-refractivity contribution is -0.140. The van der Waals surface area contributed by atoms with Crippen molar-refractivity contribution < 1.29 is 15.0 Å². The predicted octanol–water partition coefficient (Wildman–Crippen LogP) is -0.441. The molecule has 0 aromatic heterocycles. The van der Waals surface area contributed by atoms with Crippen LogP contribution in [-0.2, 0) is 4.79 Å². The first-order chi connectivity index (χ1) is 5.13. The molecule has 0 aromatic rings. The third kappa shape index (κ3) is 1.70. The molecule has 1 rings (SSSR count). The van der Waals surface area contributed by atoms with Gasteiger partial charge in [-0.1, -0.05) is 6.42 Å². The van der Waals surface area contributed by atoms with Gasteiger partial charge < -0.3 is 15.9 Å². The third-order valence-corrected chi connectivity index (χ3v) is 2.28. The summed E-state index contributed by atoms with van der Waals surface area (Å²) in [5.41, 5.74) is 5.35. The second-order valence-corrected chi connectivity index (χ2v) is 3.03. The highest BCUT2D eigenvalue weighted by Gasteiger charge is 2.33. The van der Waals surface area contributed by atoms with Crippen molar-refractivity contribution in [1.82, 2.24) is 0 Å². The Morgan fingerprint density at radius 1 is 1.55 bits per heavy atom.